The first-order valence-corrected chi connectivity index (χ1v) is 5.32. The predicted molar refractivity (Wildman–Crippen MR) is 58.7 cm³/mol. The highest BCUT2D eigenvalue weighted by Crippen LogP contribution is 2.06. The first kappa shape index (κ1) is 14.9. The lowest BCUT2D eigenvalue weighted by Crippen LogP contribution is -2.48. The lowest BCUT2D eigenvalue weighted by Gasteiger charge is -2.18. The van der Waals surface area contributed by atoms with Gasteiger partial charge < -0.3 is 21.3 Å². The fourth-order valence-electron chi connectivity index (χ4n) is 1.28. The summed E-state index contributed by atoms with van der Waals surface area (Å²) in [6.45, 7) is 3.61. The van der Waals surface area contributed by atoms with E-state index < -0.39 is 24.0 Å². The monoisotopic (exact) mass is 232 g/mol. The Bertz CT molecular complexity index is 239. The van der Waals surface area contributed by atoms with Crippen molar-refractivity contribution in [3.8, 4) is 0 Å². The molecule has 0 aromatic rings. The van der Waals surface area contributed by atoms with E-state index in [1.165, 1.54) is 6.92 Å². The second kappa shape index (κ2) is 7.19. The number of carbonyl (C=O) groups excluding carboxylic acids is 1. The SMILES string of the molecule is CCC(CN)CC(=O)NC(C(=O)O)C(C)O. The second-order valence-electron chi connectivity index (χ2n) is 3.84. The van der Waals surface area contributed by atoms with E-state index in [9.17, 15) is 9.59 Å². The number of carbonyl (C=O) groups is 2. The number of amides is 1. The zero-order chi connectivity index (χ0) is 12.7. The van der Waals surface area contributed by atoms with Crippen LogP contribution in [-0.4, -0.2) is 40.8 Å². The van der Waals surface area contributed by atoms with Crippen molar-refractivity contribution in [2.45, 2.75) is 38.8 Å². The van der Waals surface area contributed by atoms with E-state index in [4.69, 9.17) is 15.9 Å². The maximum atomic E-state index is 11.4. The fourth-order valence-corrected chi connectivity index (χ4v) is 1.28. The topological polar surface area (TPSA) is 113 Å². The molecule has 0 saturated carbocycles. The lowest BCUT2D eigenvalue weighted by atomic mass is 10.0. The van der Waals surface area contributed by atoms with E-state index in [1.54, 1.807) is 0 Å². The Hall–Kier alpha value is -1.14. The van der Waals surface area contributed by atoms with E-state index >= 15 is 0 Å². The molecule has 0 bridgehead atoms. The Morgan fingerprint density at radius 3 is 2.31 bits per heavy atom. The Morgan fingerprint density at radius 1 is 1.44 bits per heavy atom. The molecule has 3 unspecified atom stereocenters. The van der Waals surface area contributed by atoms with Crippen molar-refractivity contribution in [3.05, 3.63) is 0 Å². The molecule has 3 atom stereocenters. The number of nitrogens with two attached hydrogens (primary N) is 1. The zero-order valence-electron chi connectivity index (χ0n) is 9.64. The van der Waals surface area contributed by atoms with Crippen molar-refractivity contribution in [1.82, 2.24) is 5.32 Å². The van der Waals surface area contributed by atoms with Gasteiger partial charge in [-0.2, -0.15) is 0 Å². The molecule has 0 radical (unpaired) electrons. The molecule has 0 aliphatic carbocycles. The Morgan fingerprint density at radius 2 is 2.00 bits per heavy atom. The van der Waals surface area contributed by atoms with Gasteiger partial charge in [-0.1, -0.05) is 13.3 Å². The van der Waals surface area contributed by atoms with Gasteiger partial charge in [0.15, 0.2) is 6.04 Å². The summed E-state index contributed by atoms with van der Waals surface area (Å²) in [6, 6.07) is -1.26. The van der Waals surface area contributed by atoms with Crippen LogP contribution in [-0.2, 0) is 9.59 Å². The van der Waals surface area contributed by atoms with Crippen molar-refractivity contribution in [2.24, 2.45) is 11.7 Å². The minimum absolute atomic E-state index is 0.0449. The average Bonchev–Trinajstić information content (AvgIpc) is 2.21. The number of hydrogen-bond donors (Lipinski definition) is 4. The molecule has 0 aromatic carbocycles. The number of aliphatic hydroxyl groups is 1. The summed E-state index contributed by atoms with van der Waals surface area (Å²) in [6.07, 6.45) is -0.181. The van der Waals surface area contributed by atoms with Gasteiger partial charge in [0.1, 0.15) is 0 Å². The summed E-state index contributed by atoms with van der Waals surface area (Å²) < 4.78 is 0. The molecular formula is C10H20N2O4. The van der Waals surface area contributed by atoms with Crippen LogP contribution in [0.1, 0.15) is 26.7 Å². The number of carboxylic acid groups (broad SMARTS) is 1. The van der Waals surface area contributed by atoms with Gasteiger partial charge in [0.05, 0.1) is 6.10 Å². The molecule has 1 amide bonds. The van der Waals surface area contributed by atoms with Gasteiger partial charge in [0, 0.05) is 6.42 Å². The zero-order valence-corrected chi connectivity index (χ0v) is 9.64. The minimum Gasteiger partial charge on any atom is -0.480 e. The van der Waals surface area contributed by atoms with Crippen LogP contribution in [0.4, 0.5) is 0 Å². The summed E-state index contributed by atoms with van der Waals surface area (Å²) in [5, 5.41) is 20.2. The van der Waals surface area contributed by atoms with Crippen LogP contribution in [0.2, 0.25) is 0 Å². The van der Waals surface area contributed by atoms with Crippen molar-refractivity contribution in [2.75, 3.05) is 6.54 Å². The first-order chi connectivity index (χ1) is 7.42. The Labute approximate surface area is 94.8 Å². The number of aliphatic carboxylic acids is 1. The molecule has 16 heavy (non-hydrogen) atoms. The fraction of sp³-hybridized carbons (Fsp3) is 0.800. The van der Waals surface area contributed by atoms with Crippen LogP contribution in [0.25, 0.3) is 0 Å². The Balaban J connectivity index is 4.25. The molecule has 6 nitrogen and oxygen atoms in total. The molecule has 0 aromatic heterocycles. The van der Waals surface area contributed by atoms with E-state index in [0.717, 1.165) is 6.42 Å². The third-order valence-electron chi connectivity index (χ3n) is 2.45. The van der Waals surface area contributed by atoms with Gasteiger partial charge in [0.2, 0.25) is 5.91 Å². The number of carboxylic acids is 1. The van der Waals surface area contributed by atoms with Crippen molar-refractivity contribution in [1.29, 1.82) is 0 Å². The number of hydrogen-bond acceptors (Lipinski definition) is 4. The molecule has 0 spiro atoms. The minimum atomic E-state index is -1.26. The molecular weight excluding hydrogens is 212 g/mol. The first-order valence-electron chi connectivity index (χ1n) is 5.32. The molecule has 0 fully saturated rings. The maximum Gasteiger partial charge on any atom is 0.328 e. The van der Waals surface area contributed by atoms with E-state index in [-0.39, 0.29) is 12.3 Å². The molecule has 0 aliphatic rings. The summed E-state index contributed by atoms with van der Waals surface area (Å²) in [5.74, 6) is -1.60. The van der Waals surface area contributed by atoms with Crippen LogP contribution in [0.5, 0.6) is 0 Å². The standard InChI is InChI=1S/C10H20N2O4/c1-3-7(5-11)4-8(14)12-9(6(2)13)10(15)16/h6-7,9,13H,3-5,11H2,1-2H3,(H,12,14)(H,15,16). The van der Waals surface area contributed by atoms with Crippen LogP contribution in [0.15, 0.2) is 0 Å². The number of rotatable bonds is 7. The highest BCUT2D eigenvalue weighted by atomic mass is 16.4. The molecule has 6 heteroatoms. The van der Waals surface area contributed by atoms with Gasteiger partial charge in [-0.25, -0.2) is 4.79 Å². The van der Waals surface area contributed by atoms with Crippen LogP contribution in [0.3, 0.4) is 0 Å². The second-order valence-corrected chi connectivity index (χ2v) is 3.84. The molecule has 0 rings (SSSR count). The van der Waals surface area contributed by atoms with E-state index in [1.807, 2.05) is 6.92 Å². The third-order valence-corrected chi connectivity index (χ3v) is 2.45. The van der Waals surface area contributed by atoms with Gasteiger partial charge in [0.25, 0.3) is 0 Å². The van der Waals surface area contributed by atoms with Gasteiger partial charge in [-0.3, -0.25) is 4.79 Å². The number of aliphatic hydroxyl groups excluding tert-OH is 1. The summed E-state index contributed by atoms with van der Waals surface area (Å²) in [7, 11) is 0. The predicted octanol–water partition coefficient (Wildman–Crippen LogP) is -0.688. The van der Waals surface area contributed by atoms with E-state index in [2.05, 4.69) is 5.32 Å². The molecule has 94 valence electrons. The van der Waals surface area contributed by atoms with Crippen LogP contribution >= 0.6 is 0 Å². The molecule has 0 saturated heterocycles. The summed E-state index contributed by atoms with van der Waals surface area (Å²) >= 11 is 0. The average molecular weight is 232 g/mol. The smallest absolute Gasteiger partial charge is 0.328 e. The summed E-state index contributed by atoms with van der Waals surface area (Å²) in [5.41, 5.74) is 5.44. The third kappa shape index (κ3) is 5.09. The summed E-state index contributed by atoms with van der Waals surface area (Å²) in [4.78, 5) is 22.2. The molecule has 0 heterocycles. The largest absolute Gasteiger partial charge is 0.480 e. The highest BCUT2D eigenvalue weighted by Gasteiger charge is 2.25. The van der Waals surface area contributed by atoms with Crippen LogP contribution < -0.4 is 11.1 Å². The molecule has 0 aliphatic heterocycles. The normalized spacial score (nSPS) is 16.2. The van der Waals surface area contributed by atoms with Crippen molar-refractivity contribution >= 4 is 11.9 Å². The van der Waals surface area contributed by atoms with Crippen molar-refractivity contribution < 1.29 is 19.8 Å². The highest BCUT2D eigenvalue weighted by molar-refractivity contribution is 5.84. The number of nitrogens with one attached hydrogen (secondary N) is 1. The Kier molecular flexibility index (Phi) is 6.67. The van der Waals surface area contributed by atoms with E-state index in [0.29, 0.717) is 6.54 Å². The van der Waals surface area contributed by atoms with Crippen LogP contribution in [0, 0.1) is 5.92 Å². The quantitative estimate of drug-likeness (QED) is 0.464. The van der Waals surface area contributed by atoms with Crippen molar-refractivity contribution in [3.63, 3.8) is 0 Å². The van der Waals surface area contributed by atoms with Gasteiger partial charge in [-0.05, 0) is 19.4 Å². The van der Waals surface area contributed by atoms with Gasteiger partial charge >= 0.3 is 5.97 Å². The van der Waals surface area contributed by atoms with Gasteiger partial charge in [-0.15, -0.1) is 0 Å². The lowest BCUT2D eigenvalue weighted by molar-refractivity contribution is -0.144. The maximum absolute atomic E-state index is 11.4. The molecule has 5 N–H and O–H groups in total.